The monoisotopic (exact) mass is 235 g/mol. The van der Waals surface area contributed by atoms with Crippen LogP contribution < -0.4 is 10.9 Å². The zero-order valence-corrected chi connectivity index (χ0v) is 10.8. The summed E-state index contributed by atoms with van der Waals surface area (Å²) in [6.45, 7) is 6.99. The molecule has 1 saturated heterocycles. The van der Waals surface area contributed by atoms with Crippen molar-refractivity contribution < 1.29 is 0 Å². The van der Waals surface area contributed by atoms with Crippen LogP contribution >= 0.6 is 0 Å². The van der Waals surface area contributed by atoms with Crippen LogP contribution in [0, 0.1) is 6.92 Å². The van der Waals surface area contributed by atoms with Crippen LogP contribution in [0.3, 0.4) is 0 Å². The van der Waals surface area contributed by atoms with E-state index in [0.29, 0.717) is 0 Å². The molecule has 0 aromatic carbocycles. The molecule has 0 spiro atoms. The minimum absolute atomic E-state index is 0.0230. The standard InChI is InChI=1S/C13H21N3O/c1-8(2)11-9(3)15-12(16-13(11)17)10-6-4-5-7-14-10/h8,10,14H,4-7H2,1-3H3,(H,15,16,17). The molecule has 1 aliphatic heterocycles. The Hall–Kier alpha value is -1.16. The lowest BCUT2D eigenvalue weighted by Gasteiger charge is -2.23. The van der Waals surface area contributed by atoms with E-state index in [2.05, 4.69) is 15.3 Å². The Bertz CT molecular complexity index is 444. The first-order chi connectivity index (χ1) is 8.09. The fourth-order valence-electron chi connectivity index (χ4n) is 2.55. The molecular weight excluding hydrogens is 214 g/mol. The van der Waals surface area contributed by atoms with Gasteiger partial charge in [0.1, 0.15) is 5.82 Å². The highest BCUT2D eigenvalue weighted by molar-refractivity contribution is 5.20. The first-order valence-electron chi connectivity index (χ1n) is 6.43. The lowest BCUT2D eigenvalue weighted by molar-refractivity contribution is 0.395. The number of aryl methyl sites for hydroxylation is 1. The Morgan fingerprint density at radius 3 is 2.65 bits per heavy atom. The van der Waals surface area contributed by atoms with Gasteiger partial charge in [-0.25, -0.2) is 4.98 Å². The maximum Gasteiger partial charge on any atom is 0.254 e. The van der Waals surface area contributed by atoms with Crippen molar-refractivity contribution in [2.75, 3.05) is 6.54 Å². The third-order valence-corrected chi connectivity index (χ3v) is 3.38. The highest BCUT2D eigenvalue weighted by atomic mass is 16.1. The topological polar surface area (TPSA) is 57.8 Å². The number of H-pyrrole nitrogens is 1. The van der Waals surface area contributed by atoms with Gasteiger partial charge in [0.25, 0.3) is 5.56 Å². The summed E-state index contributed by atoms with van der Waals surface area (Å²) in [5, 5.41) is 3.41. The van der Waals surface area contributed by atoms with E-state index in [4.69, 9.17) is 0 Å². The first-order valence-corrected chi connectivity index (χ1v) is 6.43. The Labute approximate surface area is 102 Å². The van der Waals surface area contributed by atoms with Crippen molar-refractivity contribution in [3.8, 4) is 0 Å². The fraction of sp³-hybridized carbons (Fsp3) is 0.692. The summed E-state index contributed by atoms with van der Waals surface area (Å²) < 4.78 is 0. The van der Waals surface area contributed by atoms with E-state index in [-0.39, 0.29) is 17.5 Å². The van der Waals surface area contributed by atoms with Crippen molar-refractivity contribution in [1.29, 1.82) is 0 Å². The molecule has 0 aliphatic carbocycles. The molecular formula is C13H21N3O. The minimum atomic E-state index is 0.0230. The number of aromatic amines is 1. The highest BCUT2D eigenvalue weighted by Gasteiger charge is 2.19. The van der Waals surface area contributed by atoms with Crippen LogP contribution in [0.5, 0.6) is 0 Å². The number of hydrogen-bond donors (Lipinski definition) is 2. The van der Waals surface area contributed by atoms with Gasteiger partial charge >= 0.3 is 0 Å². The summed E-state index contributed by atoms with van der Waals surface area (Å²) in [6, 6.07) is 0.219. The fourth-order valence-corrected chi connectivity index (χ4v) is 2.55. The molecule has 1 atom stereocenters. The van der Waals surface area contributed by atoms with E-state index in [1.54, 1.807) is 0 Å². The average molecular weight is 235 g/mol. The van der Waals surface area contributed by atoms with Crippen molar-refractivity contribution in [2.45, 2.75) is 52.0 Å². The summed E-state index contributed by atoms with van der Waals surface area (Å²) in [5.74, 6) is 1.02. The van der Waals surface area contributed by atoms with Crippen molar-refractivity contribution >= 4 is 0 Å². The van der Waals surface area contributed by atoms with Crippen LogP contribution in [0.1, 0.15) is 62.2 Å². The number of aromatic nitrogens is 2. The van der Waals surface area contributed by atoms with Crippen molar-refractivity contribution in [2.24, 2.45) is 0 Å². The second-order valence-electron chi connectivity index (χ2n) is 5.11. The minimum Gasteiger partial charge on any atom is -0.309 e. The molecule has 94 valence electrons. The van der Waals surface area contributed by atoms with Crippen LogP contribution in [0.4, 0.5) is 0 Å². The third-order valence-electron chi connectivity index (χ3n) is 3.38. The summed E-state index contributed by atoms with van der Waals surface area (Å²) in [5.41, 5.74) is 1.70. The quantitative estimate of drug-likeness (QED) is 0.824. The van der Waals surface area contributed by atoms with Crippen molar-refractivity contribution in [1.82, 2.24) is 15.3 Å². The molecule has 4 heteroatoms. The molecule has 2 heterocycles. The number of piperidine rings is 1. The Morgan fingerprint density at radius 1 is 1.35 bits per heavy atom. The lowest BCUT2D eigenvalue weighted by Crippen LogP contribution is -2.31. The van der Waals surface area contributed by atoms with Crippen LogP contribution in [0.25, 0.3) is 0 Å². The summed E-state index contributed by atoms with van der Waals surface area (Å²) in [6.07, 6.45) is 3.47. The predicted molar refractivity (Wildman–Crippen MR) is 68.3 cm³/mol. The van der Waals surface area contributed by atoms with Crippen molar-refractivity contribution in [3.63, 3.8) is 0 Å². The van der Waals surface area contributed by atoms with Crippen LogP contribution in [0.15, 0.2) is 4.79 Å². The molecule has 1 aromatic rings. The SMILES string of the molecule is Cc1nc(C2CCCCN2)[nH]c(=O)c1C(C)C. The zero-order valence-electron chi connectivity index (χ0n) is 10.8. The third kappa shape index (κ3) is 2.57. The maximum absolute atomic E-state index is 12.0. The molecule has 0 saturated carbocycles. The predicted octanol–water partition coefficient (Wildman–Crippen LogP) is 2.02. The Kier molecular flexibility index (Phi) is 3.62. The molecule has 0 bridgehead atoms. The van der Waals surface area contributed by atoms with Gasteiger partial charge in [-0.05, 0) is 32.2 Å². The van der Waals surface area contributed by atoms with Gasteiger partial charge in [0.2, 0.25) is 0 Å². The Balaban J connectivity index is 2.34. The molecule has 1 fully saturated rings. The van der Waals surface area contributed by atoms with E-state index < -0.39 is 0 Å². The van der Waals surface area contributed by atoms with Gasteiger partial charge in [-0.2, -0.15) is 0 Å². The van der Waals surface area contributed by atoms with Gasteiger partial charge in [0.15, 0.2) is 0 Å². The summed E-state index contributed by atoms with van der Waals surface area (Å²) in [4.78, 5) is 19.5. The molecule has 17 heavy (non-hydrogen) atoms. The molecule has 1 aromatic heterocycles. The van der Waals surface area contributed by atoms with Crippen molar-refractivity contribution in [3.05, 3.63) is 27.4 Å². The van der Waals surface area contributed by atoms with Gasteiger partial charge in [-0.3, -0.25) is 4.79 Å². The van der Waals surface area contributed by atoms with E-state index in [1.165, 1.54) is 12.8 Å². The Morgan fingerprint density at radius 2 is 2.12 bits per heavy atom. The number of hydrogen-bond acceptors (Lipinski definition) is 3. The van der Waals surface area contributed by atoms with Crippen LogP contribution in [0.2, 0.25) is 0 Å². The van der Waals surface area contributed by atoms with Crippen LogP contribution in [-0.4, -0.2) is 16.5 Å². The zero-order chi connectivity index (χ0) is 12.4. The van der Waals surface area contributed by atoms with Gasteiger partial charge in [-0.15, -0.1) is 0 Å². The number of rotatable bonds is 2. The normalized spacial score (nSPS) is 20.8. The van der Waals surface area contributed by atoms with Gasteiger partial charge in [0, 0.05) is 11.3 Å². The van der Waals surface area contributed by atoms with Gasteiger partial charge < -0.3 is 10.3 Å². The molecule has 1 aliphatic rings. The van der Waals surface area contributed by atoms with E-state index in [9.17, 15) is 4.79 Å². The summed E-state index contributed by atoms with van der Waals surface area (Å²) >= 11 is 0. The molecule has 4 nitrogen and oxygen atoms in total. The van der Waals surface area contributed by atoms with E-state index in [1.807, 2.05) is 20.8 Å². The average Bonchev–Trinajstić information content (AvgIpc) is 2.28. The lowest BCUT2D eigenvalue weighted by atomic mass is 10.0. The number of nitrogens with zero attached hydrogens (tertiary/aromatic N) is 1. The molecule has 2 N–H and O–H groups in total. The first kappa shape index (κ1) is 12.3. The molecule has 2 rings (SSSR count). The smallest absolute Gasteiger partial charge is 0.254 e. The van der Waals surface area contributed by atoms with Gasteiger partial charge in [-0.1, -0.05) is 20.3 Å². The van der Waals surface area contributed by atoms with E-state index in [0.717, 1.165) is 30.0 Å². The molecule has 0 amide bonds. The maximum atomic E-state index is 12.0. The highest BCUT2D eigenvalue weighted by Crippen LogP contribution is 2.20. The van der Waals surface area contributed by atoms with Gasteiger partial charge in [0.05, 0.1) is 6.04 Å². The molecule has 1 unspecified atom stereocenters. The molecule has 0 radical (unpaired) electrons. The van der Waals surface area contributed by atoms with Crippen LogP contribution in [-0.2, 0) is 0 Å². The second-order valence-corrected chi connectivity index (χ2v) is 5.11. The largest absolute Gasteiger partial charge is 0.309 e. The van der Waals surface area contributed by atoms with E-state index >= 15 is 0 Å². The summed E-state index contributed by atoms with van der Waals surface area (Å²) in [7, 11) is 0. The number of nitrogens with one attached hydrogen (secondary N) is 2. The second kappa shape index (κ2) is 5.00.